The van der Waals surface area contributed by atoms with Gasteiger partial charge in [-0.25, -0.2) is 4.98 Å². The number of rotatable bonds is 8. The maximum absolute atomic E-state index is 5.30. The average molecular weight is 239 g/mol. The second-order valence-corrected chi connectivity index (χ2v) is 4.73. The number of ether oxygens (including phenoxy) is 1. The molecule has 17 heavy (non-hydrogen) atoms. The lowest BCUT2D eigenvalue weighted by molar-refractivity contribution is 0.147. The van der Waals surface area contributed by atoms with E-state index in [1.54, 1.807) is 0 Å². The molecule has 98 valence electrons. The Hall–Kier alpha value is -1.03. The third-order valence-electron chi connectivity index (χ3n) is 2.41. The fraction of sp³-hybridized carbons (Fsp3) is 0.769. The molecule has 0 aromatic carbocycles. The fourth-order valence-corrected chi connectivity index (χ4v) is 1.74. The van der Waals surface area contributed by atoms with E-state index in [9.17, 15) is 0 Å². The van der Waals surface area contributed by atoms with Crippen LogP contribution in [0.15, 0.2) is 6.20 Å². The summed E-state index contributed by atoms with van der Waals surface area (Å²) < 4.78 is 7.50. The second kappa shape index (κ2) is 7.33. The number of nitrogens with one attached hydrogen (secondary N) is 1. The predicted octanol–water partition coefficient (Wildman–Crippen LogP) is 2.69. The highest BCUT2D eigenvalue weighted by molar-refractivity contribution is 5.28. The summed E-state index contributed by atoms with van der Waals surface area (Å²) in [7, 11) is 0. The minimum Gasteiger partial charge on any atom is -0.382 e. The summed E-state index contributed by atoms with van der Waals surface area (Å²) in [6.45, 7) is 12.0. The molecular weight excluding hydrogens is 214 g/mol. The Morgan fingerprint density at radius 1 is 1.47 bits per heavy atom. The van der Waals surface area contributed by atoms with E-state index in [1.165, 1.54) is 0 Å². The molecule has 0 atom stereocenters. The van der Waals surface area contributed by atoms with Crippen LogP contribution in [0.4, 0.5) is 5.95 Å². The molecule has 0 radical (unpaired) electrons. The van der Waals surface area contributed by atoms with Gasteiger partial charge in [0.05, 0.1) is 5.69 Å². The molecule has 0 aliphatic heterocycles. The molecule has 1 rings (SSSR count). The molecule has 0 spiro atoms. The van der Waals surface area contributed by atoms with E-state index in [-0.39, 0.29) is 0 Å². The Morgan fingerprint density at radius 2 is 2.24 bits per heavy atom. The van der Waals surface area contributed by atoms with Crippen LogP contribution in [-0.4, -0.2) is 29.3 Å². The van der Waals surface area contributed by atoms with Gasteiger partial charge in [0, 0.05) is 32.5 Å². The second-order valence-electron chi connectivity index (χ2n) is 4.73. The first-order valence-corrected chi connectivity index (χ1v) is 6.48. The van der Waals surface area contributed by atoms with Crippen LogP contribution in [0.5, 0.6) is 0 Å². The molecule has 0 amide bonds. The van der Waals surface area contributed by atoms with Crippen molar-refractivity contribution in [2.24, 2.45) is 5.92 Å². The third kappa shape index (κ3) is 5.22. The molecule has 0 unspecified atom stereocenters. The number of imidazole rings is 1. The maximum atomic E-state index is 5.30. The first kappa shape index (κ1) is 14.0. The van der Waals surface area contributed by atoms with Gasteiger partial charge in [-0.15, -0.1) is 0 Å². The van der Waals surface area contributed by atoms with Gasteiger partial charge in [-0.3, -0.25) is 0 Å². The summed E-state index contributed by atoms with van der Waals surface area (Å²) in [5.74, 6) is 1.61. The van der Waals surface area contributed by atoms with Gasteiger partial charge in [-0.1, -0.05) is 13.8 Å². The quantitative estimate of drug-likeness (QED) is 0.709. The van der Waals surface area contributed by atoms with Crippen LogP contribution in [0.25, 0.3) is 0 Å². The van der Waals surface area contributed by atoms with Crippen molar-refractivity contribution >= 4 is 5.95 Å². The van der Waals surface area contributed by atoms with Gasteiger partial charge in [0.1, 0.15) is 0 Å². The van der Waals surface area contributed by atoms with E-state index in [4.69, 9.17) is 4.74 Å². The van der Waals surface area contributed by atoms with Crippen LogP contribution in [0.2, 0.25) is 0 Å². The van der Waals surface area contributed by atoms with Crippen molar-refractivity contribution in [2.45, 2.75) is 40.7 Å². The summed E-state index contributed by atoms with van der Waals surface area (Å²) in [5.41, 5.74) is 1.07. The highest BCUT2D eigenvalue weighted by Gasteiger charge is 2.06. The van der Waals surface area contributed by atoms with Crippen molar-refractivity contribution in [3.8, 4) is 0 Å². The monoisotopic (exact) mass is 239 g/mol. The molecule has 0 aliphatic rings. The zero-order valence-corrected chi connectivity index (χ0v) is 11.5. The Bertz CT molecular complexity index is 320. The number of aromatic nitrogens is 2. The van der Waals surface area contributed by atoms with E-state index in [0.717, 1.165) is 44.4 Å². The Morgan fingerprint density at radius 3 is 2.88 bits per heavy atom. The fourth-order valence-electron chi connectivity index (χ4n) is 1.74. The number of hydrogen-bond acceptors (Lipinski definition) is 3. The first-order valence-electron chi connectivity index (χ1n) is 6.48. The standard InChI is InChI=1S/C13H25N3O/c1-5-17-8-6-7-14-13-15-12(4)10-16(13)9-11(2)3/h10-11H,5-9H2,1-4H3,(H,14,15). The smallest absolute Gasteiger partial charge is 0.203 e. The summed E-state index contributed by atoms with van der Waals surface area (Å²) in [4.78, 5) is 4.49. The molecule has 0 aliphatic carbocycles. The van der Waals surface area contributed by atoms with E-state index >= 15 is 0 Å². The van der Waals surface area contributed by atoms with Crippen molar-refractivity contribution in [1.29, 1.82) is 0 Å². The molecule has 4 heteroatoms. The minimum absolute atomic E-state index is 0.632. The van der Waals surface area contributed by atoms with Crippen LogP contribution in [0.3, 0.4) is 0 Å². The van der Waals surface area contributed by atoms with Crippen molar-refractivity contribution in [3.05, 3.63) is 11.9 Å². The maximum Gasteiger partial charge on any atom is 0.203 e. The lowest BCUT2D eigenvalue weighted by atomic mass is 10.2. The van der Waals surface area contributed by atoms with Crippen molar-refractivity contribution in [3.63, 3.8) is 0 Å². The van der Waals surface area contributed by atoms with Crippen molar-refractivity contribution in [1.82, 2.24) is 9.55 Å². The van der Waals surface area contributed by atoms with Crippen LogP contribution in [0.1, 0.15) is 32.9 Å². The number of hydrogen-bond donors (Lipinski definition) is 1. The van der Waals surface area contributed by atoms with E-state index in [1.807, 2.05) is 13.8 Å². The van der Waals surface area contributed by atoms with Crippen molar-refractivity contribution < 1.29 is 4.74 Å². The molecule has 1 aromatic rings. The molecule has 1 heterocycles. The van der Waals surface area contributed by atoms with E-state index in [0.29, 0.717) is 5.92 Å². The highest BCUT2D eigenvalue weighted by atomic mass is 16.5. The van der Waals surface area contributed by atoms with Gasteiger partial charge in [0.2, 0.25) is 5.95 Å². The van der Waals surface area contributed by atoms with Gasteiger partial charge in [-0.2, -0.15) is 0 Å². The Balaban J connectivity index is 2.40. The van der Waals surface area contributed by atoms with Gasteiger partial charge in [0.15, 0.2) is 0 Å². The number of nitrogens with zero attached hydrogens (tertiary/aromatic N) is 2. The molecule has 1 N–H and O–H groups in total. The zero-order valence-electron chi connectivity index (χ0n) is 11.5. The third-order valence-corrected chi connectivity index (χ3v) is 2.41. The minimum atomic E-state index is 0.632. The van der Waals surface area contributed by atoms with Crippen molar-refractivity contribution in [2.75, 3.05) is 25.1 Å². The van der Waals surface area contributed by atoms with Gasteiger partial charge < -0.3 is 14.6 Å². The van der Waals surface area contributed by atoms with Gasteiger partial charge in [-0.05, 0) is 26.2 Å². The molecule has 4 nitrogen and oxygen atoms in total. The number of anilines is 1. The SMILES string of the molecule is CCOCCCNc1nc(C)cn1CC(C)C. The summed E-state index contributed by atoms with van der Waals surface area (Å²) >= 11 is 0. The average Bonchev–Trinajstić information content (AvgIpc) is 2.58. The molecule has 0 saturated heterocycles. The molecule has 1 aromatic heterocycles. The van der Waals surface area contributed by atoms with E-state index in [2.05, 4.69) is 34.9 Å². The summed E-state index contributed by atoms with van der Waals surface area (Å²) in [6.07, 6.45) is 3.12. The highest BCUT2D eigenvalue weighted by Crippen LogP contribution is 2.11. The molecular formula is C13H25N3O. The van der Waals surface area contributed by atoms with Crippen LogP contribution in [0, 0.1) is 12.8 Å². The normalized spacial score (nSPS) is 11.1. The first-order chi connectivity index (χ1) is 8.13. The Labute approximate surface area is 104 Å². The lowest BCUT2D eigenvalue weighted by Gasteiger charge is -2.11. The van der Waals surface area contributed by atoms with Gasteiger partial charge >= 0.3 is 0 Å². The molecule has 0 fully saturated rings. The van der Waals surface area contributed by atoms with Crippen LogP contribution < -0.4 is 5.32 Å². The lowest BCUT2D eigenvalue weighted by Crippen LogP contribution is -2.12. The van der Waals surface area contributed by atoms with Crippen LogP contribution in [-0.2, 0) is 11.3 Å². The predicted molar refractivity (Wildman–Crippen MR) is 71.4 cm³/mol. The Kier molecular flexibility index (Phi) is 6.05. The molecule has 0 saturated carbocycles. The molecule has 0 bridgehead atoms. The zero-order chi connectivity index (χ0) is 12.7. The van der Waals surface area contributed by atoms with Gasteiger partial charge in [0.25, 0.3) is 0 Å². The topological polar surface area (TPSA) is 39.1 Å². The van der Waals surface area contributed by atoms with Crippen LogP contribution >= 0.6 is 0 Å². The number of aryl methyl sites for hydroxylation is 1. The summed E-state index contributed by atoms with van der Waals surface area (Å²) in [6, 6.07) is 0. The summed E-state index contributed by atoms with van der Waals surface area (Å²) in [5, 5.41) is 3.37. The van der Waals surface area contributed by atoms with E-state index < -0.39 is 0 Å². The largest absolute Gasteiger partial charge is 0.382 e.